The van der Waals surface area contributed by atoms with E-state index in [1.54, 1.807) is 7.11 Å². The third-order valence-corrected chi connectivity index (χ3v) is 2.95. The number of benzene rings is 1. The van der Waals surface area contributed by atoms with Crippen LogP contribution in [0.4, 0.5) is 5.69 Å². The number of rotatable bonds is 5. The molecule has 2 N–H and O–H groups in total. The molecule has 0 fully saturated rings. The minimum Gasteiger partial charge on any atom is -0.495 e. The molecule has 0 saturated heterocycles. The van der Waals surface area contributed by atoms with Gasteiger partial charge in [-0.3, -0.25) is 0 Å². The van der Waals surface area contributed by atoms with E-state index in [1.807, 2.05) is 31.9 Å². The highest BCUT2D eigenvalue weighted by atomic mass is 16.5. The Bertz CT molecular complexity index is 375. The first-order valence-electron chi connectivity index (χ1n) is 5.65. The number of likely N-dealkylation sites (N-methyl/N-ethyl adjacent to an activating group) is 1. The maximum Gasteiger partial charge on any atom is 0.142 e. The van der Waals surface area contributed by atoms with E-state index in [-0.39, 0.29) is 19.3 Å². The van der Waals surface area contributed by atoms with Crippen LogP contribution in [0.2, 0.25) is 0 Å². The summed E-state index contributed by atoms with van der Waals surface area (Å²) in [6, 6.07) is 3.69. The van der Waals surface area contributed by atoms with Gasteiger partial charge in [0, 0.05) is 7.05 Å². The quantitative estimate of drug-likeness (QED) is 0.808. The summed E-state index contributed by atoms with van der Waals surface area (Å²) in [7, 11) is 3.47. The SMILES string of the molecule is COc1cc(C)cc(C)c1N(C)C(CO)CO. The van der Waals surface area contributed by atoms with Crippen LogP contribution in [-0.4, -0.2) is 43.6 Å². The van der Waals surface area contributed by atoms with Gasteiger partial charge in [-0.05, 0) is 31.0 Å². The van der Waals surface area contributed by atoms with Gasteiger partial charge < -0.3 is 19.8 Å². The van der Waals surface area contributed by atoms with E-state index in [2.05, 4.69) is 6.07 Å². The first kappa shape index (κ1) is 13.8. The van der Waals surface area contributed by atoms with Gasteiger partial charge in [-0.15, -0.1) is 0 Å². The lowest BCUT2D eigenvalue weighted by Gasteiger charge is -2.30. The predicted molar refractivity (Wildman–Crippen MR) is 68.8 cm³/mol. The van der Waals surface area contributed by atoms with Crippen molar-refractivity contribution in [3.05, 3.63) is 23.3 Å². The topological polar surface area (TPSA) is 52.9 Å². The van der Waals surface area contributed by atoms with Gasteiger partial charge in [-0.25, -0.2) is 0 Å². The molecule has 1 aromatic rings. The minimum absolute atomic E-state index is 0.0938. The highest BCUT2D eigenvalue weighted by molar-refractivity contribution is 5.65. The Morgan fingerprint density at radius 2 is 1.82 bits per heavy atom. The lowest BCUT2D eigenvalue weighted by atomic mass is 10.1. The predicted octanol–water partition coefficient (Wildman–Crippen LogP) is 1.10. The molecule has 0 atom stereocenters. The van der Waals surface area contributed by atoms with Crippen molar-refractivity contribution < 1.29 is 14.9 Å². The van der Waals surface area contributed by atoms with Crippen molar-refractivity contribution in [1.29, 1.82) is 0 Å². The number of anilines is 1. The van der Waals surface area contributed by atoms with Crippen LogP contribution >= 0.6 is 0 Å². The second-order valence-electron chi connectivity index (χ2n) is 4.26. The average Bonchev–Trinajstić information content (AvgIpc) is 2.29. The third-order valence-electron chi connectivity index (χ3n) is 2.95. The van der Waals surface area contributed by atoms with Crippen molar-refractivity contribution in [2.24, 2.45) is 0 Å². The van der Waals surface area contributed by atoms with Gasteiger partial charge in [0.1, 0.15) is 5.75 Å². The van der Waals surface area contributed by atoms with Crippen molar-refractivity contribution in [2.75, 3.05) is 32.3 Å². The van der Waals surface area contributed by atoms with Gasteiger partial charge in [0.15, 0.2) is 0 Å². The Morgan fingerprint density at radius 1 is 1.24 bits per heavy atom. The van der Waals surface area contributed by atoms with E-state index >= 15 is 0 Å². The Kier molecular flexibility index (Phi) is 4.78. The Balaban J connectivity index is 3.19. The van der Waals surface area contributed by atoms with Crippen LogP contribution < -0.4 is 9.64 Å². The van der Waals surface area contributed by atoms with E-state index in [0.717, 1.165) is 22.6 Å². The summed E-state index contributed by atoms with van der Waals surface area (Å²) in [6.07, 6.45) is 0. The summed E-state index contributed by atoms with van der Waals surface area (Å²) in [6.45, 7) is 3.81. The largest absolute Gasteiger partial charge is 0.495 e. The smallest absolute Gasteiger partial charge is 0.142 e. The Labute approximate surface area is 102 Å². The van der Waals surface area contributed by atoms with Crippen molar-refractivity contribution in [3.8, 4) is 5.75 Å². The third kappa shape index (κ3) is 2.90. The van der Waals surface area contributed by atoms with Gasteiger partial charge in [-0.2, -0.15) is 0 Å². The molecule has 96 valence electrons. The van der Waals surface area contributed by atoms with Crippen LogP contribution in [0.15, 0.2) is 12.1 Å². The molecule has 1 rings (SSSR count). The van der Waals surface area contributed by atoms with E-state index in [0.29, 0.717) is 0 Å². The molecule has 0 heterocycles. The van der Waals surface area contributed by atoms with E-state index in [4.69, 9.17) is 4.74 Å². The molecule has 0 saturated carbocycles. The summed E-state index contributed by atoms with van der Waals surface area (Å²) in [5.74, 6) is 0.761. The summed E-state index contributed by atoms with van der Waals surface area (Å²) in [4.78, 5) is 1.85. The Morgan fingerprint density at radius 3 is 2.29 bits per heavy atom. The molecule has 0 aromatic heterocycles. The molecule has 0 aliphatic carbocycles. The minimum atomic E-state index is -0.315. The highest BCUT2D eigenvalue weighted by Crippen LogP contribution is 2.33. The molecule has 4 heteroatoms. The molecule has 1 aromatic carbocycles. The molecule has 0 aliphatic heterocycles. The van der Waals surface area contributed by atoms with Gasteiger partial charge in [0.25, 0.3) is 0 Å². The fraction of sp³-hybridized carbons (Fsp3) is 0.538. The van der Waals surface area contributed by atoms with Crippen LogP contribution in [-0.2, 0) is 0 Å². The second-order valence-corrected chi connectivity index (χ2v) is 4.26. The number of hydrogen-bond acceptors (Lipinski definition) is 4. The lowest BCUT2D eigenvalue weighted by Crippen LogP contribution is -2.38. The van der Waals surface area contributed by atoms with Gasteiger partial charge in [-0.1, -0.05) is 6.07 Å². The van der Waals surface area contributed by atoms with Crippen LogP contribution in [0, 0.1) is 13.8 Å². The highest BCUT2D eigenvalue weighted by Gasteiger charge is 2.19. The van der Waals surface area contributed by atoms with Crippen molar-refractivity contribution >= 4 is 5.69 Å². The zero-order valence-corrected chi connectivity index (χ0v) is 10.9. The maximum atomic E-state index is 9.22. The van der Waals surface area contributed by atoms with Crippen LogP contribution in [0.3, 0.4) is 0 Å². The standard InChI is InChI=1S/C13H21NO3/c1-9-5-10(2)13(12(6-9)17-4)14(3)11(7-15)8-16/h5-6,11,15-16H,7-8H2,1-4H3. The molecule has 4 nitrogen and oxygen atoms in total. The molecule has 0 bridgehead atoms. The summed E-state index contributed by atoms with van der Waals surface area (Å²) >= 11 is 0. The molecule has 0 unspecified atom stereocenters. The van der Waals surface area contributed by atoms with Gasteiger partial charge in [0.2, 0.25) is 0 Å². The monoisotopic (exact) mass is 239 g/mol. The number of aryl methyl sites for hydroxylation is 2. The van der Waals surface area contributed by atoms with Crippen LogP contribution in [0.5, 0.6) is 5.75 Å². The Hall–Kier alpha value is -1.26. The number of ether oxygens (including phenoxy) is 1. The number of aliphatic hydroxyl groups excluding tert-OH is 2. The fourth-order valence-corrected chi connectivity index (χ4v) is 2.01. The van der Waals surface area contributed by atoms with Gasteiger partial charge >= 0.3 is 0 Å². The van der Waals surface area contributed by atoms with E-state index in [1.165, 1.54) is 0 Å². The summed E-state index contributed by atoms with van der Waals surface area (Å²) < 4.78 is 5.36. The molecule has 0 amide bonds. The average molecular weight is 239 g/mol. The maximum absolute atomic E-state index is 9.22. The van der Waals surface area contributed by atoms with Crippen molar-refractivity contribution in [2.45, 2.75) is 19.9 Å². The number of methoxy groups -OCH3 is 1. The van der Waals surface area contributed by atoms with Crippen LogP contribution in [0.1, 0.15) is 11.1 Å². The van der Waals surface area contributed by atoms with Crippen molar-refractivity contribution in [1.82, 2.24) is 0 Å². The number of aliphatic hydroxyl groups is 2. The molecular weight excluding hydrogens is 218 g/mol. The van der Waals surface area contributed by atoms with E-state index < -0.39 is 0 Å². The van der Waals surface area contributed by atoms with Gasteiger partial charge in [0.05, 0.1) is 32.1 Å². The normalized spacial score (nSPS) is 10.8. The molecule has 17 heavy (non-hydrogen) atoms. The van der Waals surface area contributed by atoms with Crippen molar-refractivity contribution in [3.63, 3.8) is 0 Å². The molecule has 0 aliphatic rings. The van der Waals surface area contributed by atoms with E-state index in [9.17, 15) is 10.2 Å². The second kappa shape index (κ2) is 5.89. The summed E-state index contributed by atoms with van der Waals surface area (Å²) in [5, 5.41) is 18.4. The van der Waals surface area contributed by atoms with Crippen LogP contribution in [0.25, 0.3) is 0 Å². The molecular formula is C13H21NO3. The zero-order chi connectivity index (χ0) is 13.0. The number of hydrogen-bond donors (Lipinski definition) is 2. The zero-order valence-electron chi connectivity index (χ0n) is 10.9. The first-order valence-corrected chi connectivity index (χ1v) is 5.65. The summed E-state index contributed by atoms with van der Waals surface area (Å²) in [5.41, 5.74) is 3.10. The molecule has 0 spiro atoms. The number of nitrogens with zero attached hydrogens (tertiary/aromatic N) is 1. The lowest BCUT2D eigenvalue weighted by molar-refractivity contribution is 0.190. The fourth-order valence-electron chi connectivity index (χ4n) is 2.01. The molecule has 0 radical (unpaired) electrons. The first-order chi connectivity index (χ1) is 8.04.